The lowest BCUT2D eigenvalue weighted by atomic mass is 10.1. The average Bonchev–Trinajstić information content (AvgIpc) is 2.68. The number of morpholine rings is 1. The largest absolute Gasteiger partial charge is 0.492 e. The average molecular weight is 338 g/mol. The van der Waals surface area contributed by atoms with E-state index in [2.05, 4.69) is 40.2 Å². The summed E-state index contributed by atoms with van der Waals surface area (Å²) in [6.07, 6.45) is 2.88. The van der Waals surface area contributed by atoms with Crippen molar-refractivity contribution < 1.29 is 9.47 Å². The summed E-state index contributed by atoms with van der Waals surface area (Å²) in [6.45, 7) is 6.04. The minimum absolute atomic E-state index is 0.689. The molecule has 0 aliphatic carbocycles. The number of benzene rings is 2. The summed E-state index contributed by atoms with van der Waals surface area (Å²) in [5.74, 6) is 0.902. The molecule has 0 spiro atoms. The predicted octanol–water partition coefficient (Wildman–Crippen LogP) is 3.06. The van der Waals surface area contributed by atoms with E-state index in [1.807, 2.05) is 30.5 Å². The van der Waals surface area contributed by atoms with Gasteiger partial charge in [-0.1, -0.05) is 42.5 Å². The Morgan fingerprint density at radius 1 is 1.00 bits per heavy atom. The Morgan fingerprint density at radius 3 is 2.60 bits per heavy atom. The van der Waals surface area contributed by atoms with Crippen LogP contribution in [0.4, 0.5) is 0 Å². The molecule has 0 radical (unpaired) electrons. The van der Waals surface area contributed by atoms with Gasteiger partial charge in [0.15, 0.2) is 0 Å². The van der Waals surface area contributed by atoms with Crippen molar-refractivity contribution in [2.45, 2.75) is 6.42 Å². The van der Waals surface area contributed by atoms with Crippen LogP contribution in [0.25, 0.3) is 0 Å². The van der Waals surface area contributed by atoms with Crippen LogP contribution in [0.3, 0.4) is 0 Å². The summed E-state index contributed by atoms with van der Waals surface area (Å²) in [4.78, 5) is 6.94. The van der Waals surface area contributed by atoms with Gasteiger partial charge in [-0.3, -0.25) is 9.89 Å². The molecule has 0 atom stereocenters. The highest BCUT2D eigenvalue weighted by Gasteiger charge is 2.10. The Bertz CT molecular complexity index is 652. The molecular formula is C21H26N2O2. The van der Waals surface area contributed by atoms with Crippen LogP contribution in [-0.4, -0.2) is 57.1 Å². The standard InChI is InChI=1S/C21H26N2O2/c1-2-6-19(7-3-1)10-11-22-18-20-8-4-5-9-21(20)25-17-14-23-12-15-24-16-13-23/h1-9,18H,10-17H2/b22-18-. The topological polar surface area (TPSA) is 34.1 Å². The lowest BCUT2D eigenvalue weighted by Gasteiger charge is -2.26. The number of aliphatic imine (C=N–C) groups is 1. The fraction of sp³-hybridized carbons (Fsp3) is 0.381. The lowest BCUT2D eigenvalue weighted by molar-refractivity contribution is 0.0322. The van der Waals surface area contributed by atoms with Gasteiger partial charge in [0.1, 0.15) is 12.4 Å². The molecule has 132 valence electrons. The smallest absolute Gasteiger partial charge is 0.128 e. The van der Waals surface area contributed by atoms with E-state index in [-0.39, 0.29) is 0 Å². The monoisotopic (exact) mass is 338 g/mol. The highest BCUT2D eigenvalue weighted by atomic mass is 16.5. The Hall–Kier alpha value is -2.17. The SMILES string of the molecule is C(=N/CCc1ccccc1)/c1ccccc1OCCN1CCOCC1. The number of hydrogen-bond donors (Lipinski definition) is 0. The van der Waals surface area contributed by atoms with E-state index in [1.165, 1.54) is 5.56 Å². The molecule has 3 rings (SSSR count). The van der Waals surface area contributed by atoms with Crippen molar-refractivity contribution in [3.8, 4) is 5.75 Å². The van der Waals surface area contributed by atoms with Crippen LogP contribution in [-0.2, 0) is 11.2 Å². The molecule has 1 fully saturated rings. The molecule has 2 aromatic rings. The molecular weight excluding hydrogens is 312 g/mol. The Kier molecular flexibility index (Phi) is 7.03. The van der Waals surface area contributed by atoms with Gasteiger partial charge in [0, 0.05) is 38.0 Å². The molecule has 4 heteroatoms. The minimum Gasteiger partial charge on any atom is -0.492 e. The van der Waals surface area contributed by atoms with Crippen LogP contribution in [0, 0.1) is 0 Å². The number of ether oxygens (including phenoxy) is 2. The first kappa shape index (κ1) is 17.6. The molecule has 1 aliphatic rings. The van der Waals surface area contributed by atoms with Crippen molar-refractivity contribution in [1.82, 2.24) is 4.90 Å². The number of rotatable bonds is 8. The Morgan fingerprint density at radius 2 is 1.76 bits per heavy atom. The van der Waals surface area contributed by atoms with Gasteiger partial charge in [-0.15, -0.1) is 0 Å². The second kappa shape index (κ2) is 9.97. The van der Waals surface area contributed by atoms with Gasteiger partial charge in [-0.05, 0) is 24.1 Å². The van der Waals surface area contributed by atoms with E-state index in [0.29, 0.717) is 6.61 Å². The summed E-state index contributed by atoms with van der Waals surface area (Å²) in [5, 5.41) is 0. The summed E-state index contributed by atoms with van der Waals surface area (Å²) in [6, 6.07) is 18.5. The molecule has 0 amide bonds. The van der Waals surface area contributed by atoms with Crippen molar-refractivity contribution >= 4 is 6.21 Å². The fourth-order valence-electron chi connectivity index (χ4n) is 2.83. The van der Waals surface area contributed by atoms with Crippen molar-refractivity contribution in [2.75, 3.05) is 46.0 Å². The van der Waals surface area contributed by atoms with Gasteiger partial charge >= 0.3 is 0 Å². The molecule has 1 saturated heterocycles. The molecule has 0 saturated carbocycles. The van der Waals surface area contributed by atoms with Gasteiger partial charge in [-0.25, -0.2) is 0 Å². The zero-order valence-electron chi connectivity index (χ0n) is 14.6. The van der Waals surface area contributed by atoms with E-state index < -0.39 is 0 Å². The number of nitrogens with zero attached hydrogens (tertiary/aromatic N) is 2. The molecule has 4 nitrogen and oxygen atoms in total. The number of hydrogen-bond acceptors (Lipinski definition) is 4. The molecule has 0 N–H and O–H groups in total. The fourth-order valence-corrected chi connectivity index (χ4v) is 2.83. The first-order valence-corrected chi connectivity index (χ1v) is 8.97. The van der Waals surface area contributed by atoms with E-state index in [4.69, 9.17) is 9.47 Å². The summed E-state index contributed by atoms with van der Waals surface area (Å²) in [5.41, 5.74) is 2.35. The third-order valence-electron chi connectivity index (χ3n) is 4.29. The first-order chi connectivity index (χ1) is 12.4. The predicted molar refractivity (Wildman–Crippen MR) is 102 cm³/mol. The summed E-state index contributed by atoms with van der Waals surface area (Å²) in [7, 11) is 0. The van der Waals surface area contributed by atoms with Crippen LogP contribution in [0.1, 0.15) is 11.1 Å². The molecule has 1 heterocycles. The van der Waals surface area contributed by atoms with Gasteiger partial charge in [0.25, 0.3) is 0 Å². The Labute approximate surface area is 150 Å². The highest BCUT2D eigenvalue weighted by molar-refractivity contribution is 5.83. The van der Waals surface area contributed by atoms with Crippen LogP contribution < -0.4 is 4.74 Å². The van der Waals surface area contributed by atoms with Crippen molar-refractivity contribution in [1.29, 1.82) is 0 Å². The Balaban J connectivity index is 1.47. The van der Waals surface area contributed by atoms with Gasteiger partial charge in [-0.2, -0.15) is 0 Å². The van der Waals surface area contributed by atoms with Crippen molar-refractivity contribution in [2.24, 2.45) is 4.99 Å². The van der Waals surface area contributed by atoms with E-state index in [0.717, 1.165) is 57.1 Å². The molecule has 1 aliphatic heterocycles. The van der Waals surface area contributed by atoms with E-state index >= 15 is 0 Å². The van der Waals surface area contributed by atoms with E-state index in [1.54, 1.807) is 0 Å². The number of para-hydroxylation sites is 1. The van der Waals surface area contributed by atoms with Gasteiger partial charge in [0.2, 0.25) is 0 Å². The maximum atomic E-state index is 5.98. The molecule has 0 unspecified atom stereocenters. The third kappa shape index (κ3) is 6.00. The van der Waals surface area contributed by atoms with Crippen LogP contribution in [0.5, 0.6) is 5.75 Å². The van der Waals surface area contributed by atoms with Crippen molar-refractivity contribution in [3.63, 3.8) is 0 Å². The maximum absolute atomic E-state index is 5.98. The van der Waals surface area contributed by atoms with Crippen LogP contribution in [0.2, 0.25) is 0 Å². The minimum atomic E-state index is 0.689. The second-order valence-electron chi connectivity index (χ2n) is 6.11. The molecule has 0 bridgehead atoms. The van der Waals surface area contributed by atoms with Crippen LogP contribution in [0.15, 0.2) is 59.6 Å². The second-order valence-corrected chi connectivity index (χ2v) is 6.11. The highest BCUT2D eigenvalue weighted by Crippen LogP contribution is 2.16. The van der Waals surface area contributed by atoms with Crippen LogP contribution >= 0.6 is 0 Å². The summed E-state index contributed by atoms with van der Waals surface area (Å²) < 4.78 is 11.4. The zero-order valence-corrected chi connectivity index (χ0v) is 14.6. The van der Waals surface area contributed by atoms with Gasteiger partial charge < -0.3 is 9.47 Å². The lowest BCUT2D eigenvalue weighted by Crippen LogP contribution is -2.38. The van der Waals surface area contributed by atoms with E-state index in [9.17, 15) is 0 Å². The third-order valence-corrected chi connectivity index (χ3v) is 4.29. The molecule has 0 aromatic heterocycles. The quantitative estimate of drug-likeness (QED) is 0.694. The summed E-state index contributed by atoms with van der Waals surface area (Å²) >= 11 is 0. The molecule has 2 aromatic carbocycles. The van der Waals surface area contributed by atoms with Crippen molar-refractivity contribution in [3.05, 3.63) is 65.7 Å². The molecule has 25 heavy (non-hydrogen) atoms. The van der Waals surface area contributed by atoms with Gasteiger partial charge in [0.05, 0.1) is 13.2 Å². The maximum Gasteiger partial charge on any atom is 0.128 e. The normalized spacial score (nSPS) is 15.5. The zero-order chi connectivity index (χ0) is 17.2. The first-order valence-electron chi connectivity index (χ1n) is 8.97.